The molecule has 0 aliphatic heterocycles. The maximum absolute atomic E-state index is 13.2. The van der Waals surface area contributed by atoms with Gasteiger partial charge in [-0.1, -0.05) is 31.2 Å². The van der Waals surface area contributed by atoms with Crippen molar-refractivity contribution >= 4 is 17.7 Å². The standard InChI is InChI=1S/C21H21F3N2O3/c1-2-10-25-20(28)26-13-6-5-7-14(11-13)29-19(27)17-12-16(17)15-8-3-4-9-18(15)21(22,23)24/h3-9,11,16-17H,2,10,12H2,1H3,(H2,25,26,28). The van der Waals surface area contributed by atoms with Crippen molar-refractivity contribution in [1.29, 1.82) is 0 Å². The quantitative estimate of drug-likeness (QED) is 0.527. The van der Waals surface area contributed by atoms with E-state index < -0.39 is 29.5 Å². The van der Waals surface area contributed by atoms with E-state index in [4.69, 9.17) is 4.74 Å². The summed E-state index contributed by atoms with van der Waals surface area (Å²) in [5.41, 5.74) is -0.159. The first-order valence-corrected chi connectivity index (χ1v) is 9.32. The number of rotatable bonds is 6. The van der Waals surface area contributed by atoms with Gasteiger partial charge in [0.15, 0.2) is 0 Å². The van der Waals surface area contributed by atoms with Gasteiger partial charge in [-0.05, 0) is 42.5 Å². The Morgan fingerprint density at radius 2 is 1.90 bits per heavy atom. The molecule has 0 spiro atoms. The first-order chi connectivity index (χ1) is 13.8. The second-order valence-corrected chi connectivity index (χ2v) is 6.86. The summed E-state index contributed by atoms with van der Waals surface area (Å²) in [5.74, 6) is -1.50. The van der Waals surface area contributed by atoms with Gasteiger partial charge in [0.2, 0.25) is 0 Å². The molecule has 2 aromatic rings. The van der Waals surface area contributed by atoms with Crippen LogP contribution in [0.3, 0.4) is 0 Å². The van der Waals surface area contributed by atoms with E-state index in [0.717, 1.165) is 12.5 Å². The van der Waals surface area contributed by atoms with Crippen LogP contribution >= 0.6 is 0 Å². The van der Waals surface area contributed by atoms with Crippen molar-refractivity contribution in [3.63, 3.8) is 0 Å². The molecule has 5 nitrogen and oxygen atoms in total. The molecule has 2 amide bonds. The summed E-state index contributed by atoms with van der Waals surface area (Å²) in [7, 11) is 0. The van der Waals surface area contributed by atoms with Gasteiger partial charge in [0.1, 0.15) is 5.75 Å². The van der Waals surface area contributed by atoms with Gasteiger partial charge in [-0.15, -0.1) is 0 Å². The van der Waals surface area contributed by atoms with Crippen LogP contribution in [-0.2, 0) is 11.0 Å². The van der Waals surface area contributed by atoms with E-state index in [-0.39, 0.29) is 17.3 Å². The first kappa shape index (κ1) is 20.7. The number of carbonyl (C=O) groups is 2. The maximum atomic E-state index is 13.2. The Kier molecular flexibility index (Phi) is 6.10. The number of nitrogens with one attached hydrogen (secondary N) is 2. The maximum Gasteiger partial charge on any atom is 0.416 e. The van der Waals surface area contributed by atoms with Gasteiger partial charge in [0.25, 0.3) is 0 Å². The Morgan fingerprint density at radius 3 is 2.62 bits per heavy atom. The zero-order valence-corrected chi connectivity index (χ0v) is 15.8. The zero-order chi connectivity index (χ0) is 21.0. The number of hydrogen-bond acceptors (Lipinski definition) is 3. The molecule has 1 saturated carbocycles. The fraction of sp³-hybridized carbons (Fsp3) is 0.333. The predicted molar refractivity (Wildman–Crippen MR) is 102 cm³/mol. The van der Waals surface area contributed by atoms with E-state index in [2.05, 4.69) is 10.6 Å². The molecule has 1 aliphatic rings. The number of halogens is 3. The number of benzene rings is 2. The number of amides is 2. The number of anilines is 1. The number of ether oxygens (including phenoxy) is 1. The highest BCUT2D eigenvalue weighted by Crippen LogP contribution is 2.51. The highest BCUT2D eigenvalue weighted by molar-refractivity contribution is 5.89. The smallest absolute Gasteiger partial charge is 0.416 e. The van der Waals surface area contributed by atoms with Gasteiger partial charge in [-0.25, -0.2) is 4.79 Å². The zero-order valence-electron chi connectivity index (χ0n) is 15.8. The first-order valence-electron chi connectivity index (χ1n) is 9.32. The summed E-state index contributed by atoms with van der Waals surface area (Å²) in [4.78, 5) is 24.1. The minimum Gasteiger partial charge on any atom is -0.426 e. The molecule has 29 heavy (non-hydrogen) atoms. The van der Waals surface area contributed by atoms with Crippen molar-refractivity contribution in [3.8, 4) is 5.75 Å². The summed E-state index contributed by atoms with van der Waals surface area (Å²) in [6.45, 7) is 2.46. The second kappa shape index (κ2) is 8.55. The number of hydrogen-bond donors (Lipinski definition) is 2. The topological polar surface area (TPSA) is 67.4 Å². The lowest BCUT2D eigenvalue weighted by Crippen LogP contribution is -2.29. The summed E-state index contributed by atoms with van der Waals surface area (Å²) >= 11 is 0. The van der Waals surface area contributed by atoms with Crippen LogP contribution in [0, 0.1) is 5.92 Å². The molecular formula is C21H21F3N2O3. The Bertz CT molecular complexity index is 899. The summed E-state index contributed by atoms with van der Waals surface area (Å²) in [5, 5.41) is 5.29. The van der Waals surface area contributed by atoms with Crippen molar-refractivity contribution in [2.45, 2.75) is 31.9 Å². The van der Waals surface area contributed by atoms with E-state index in [1.165, 1.54) is 24.3 Å². The molecule has 1 fully saturated rings. The van der Waals surface area contributed by atoms with Crippen molar-refractivity contribution in [3.05, 3.63) is 59.7 Å². The van der Waals surface area contributed by atoms with Crippen LogP contribution in [0.25, 0.3) is 0 Å². The van der Waals surface area contributed by atoms with E-state index in [1.807, 2.05) is 6.92 Å². The van der Waals surface area contributed by atoms with Crippen LogP contribution in [0.1, 0.15) is 36.8 Å². The van der Waals surface area contributed by atoms with Gasteiger partial charge in [0.05, 0.1) is 11.5 Å². The van der Waals surface area contributed by atoms with Crippen LogP contribution < -0.4 is 15.4 Å². The fourth-order valence-corrected chi connectivity index (χ4v) is 3.12. The van der Waals surface area contributed by atoms with Crippen molar-refractivity contribution in [1.82, 2.24) is 5.32 Å². The lowest BCUT2D eigenvalue weighted by molar-refractivity contribution is -0.139. The molecule has 2 unspecified atom stereocenters. The minimum atomic E-state index is -4.47. The van der Waals surface area contributed by atoms with Gasteiger partial charge in [-0.2, -0.15) is 13.2 Å². The average Bonchev–Trinajstić information content (AvgIpc) is 3.47. The third-order valence-electron chi connectivity index (χ3n) is 4.60. The van der Waals surface area contributed by atoms with E-state index >= 15 is 0 Å². The van der Waals surface area contributed by atoms with Gasteiger partial charge in [0, 0.05) is 18.3 Å². The Labute approximate surface area is 166 Å². The largest absolute Gasteiger partial charge is 0.426 e. The Hall–Kier alpha value is -3.03. The number of urea groups is 1. The van der Waals surface area contributed by atoms with Crippen LogP contribution in [0.15, 0.2) is 48.5 Å². The molecule has 2 aromatic carbocycles. The van der Waals surface area contributed by atoms with Crippen molar-refractivity contribution in [2.24, 2.45) is 5.92 Å². The molecule has 2 atom stereocenters. The number of carbonyl (C=O) groups excluding carboxylic acids is 2. The van der Waals surface area contributed by atoms with E-state index in [9.17, 15) is 22.8 Å². The molecular weight excluding hydrogens is 385 g/mol. The number of esters is 1. The monoisotopic (exact) mass is 406 g/mol. The molecule has 154 valence electrons. The molecule has 0 heterocycles. The highest BCUT2D eigenvalue weighted by atomic mass is 19.4. The summed E-state index contributed by atoms with van der Waals surface area (Å²) in [6.07, 6.45) is -3.36. The molecule has 0 radical (unpaired) electrons. The third-order valence-corrected chi connectivity index (χ3v) is 4.60. The normalized spacial score (nSPS) is 18.1. The van der Waals surface area contributed by atoms with Crippen LogP contribution in [0.5, 0.6) is 5.75 Å². The van der Waals surface area contributed by atoms with Crippen molar-refractivity contribution < 1.29 is 27.5 Å². The van der Waals surface area contributed by atoms with E-state index in [1.54, 1.807) is 18.2 Å². The average molecular weight is 406 g/mol. The van der Waals surface area contributed by atoms with Crippen LogP contribution in [0.2, 0.25) is 0 Å². The minimum absolute atomic E-state index is 0.116. The van der Waals surface area contributed by atoms with Crippen LogP contribution in [-0.4, -0.2) is 18.5 Å². The molecule has 8 heteroatoms. The molecule has 0 bridgehead atoms. The van der Waals surface area contributed by atoms with Crippen LogP contribution in [0.4, 0.5) is 23.7 Å². The highest BCUT2D eigenvalue weighted by Gasteiger charge is 2.49. The molecule has 1 aliphatic carbocycles. The SMILES string of the molecule is CCCNC(=O)Nc1cccc(OC(=O)C2CC2c2ccccc2C(F)(F)F)c1. The lowest BCUT2D eigenvalue weighted by Gasteiger charge is -2.12. The molecule has 0 saturated heterocycles. The summed E-state index contributed by atoms with van der Waals surface area (Å²) < 4.78 is 44.9. The number of alkyl halides is 3. The van der Waals surface area contributed by atoms with Gasteiger partial charge < -0.3 is 15.4 Å². The van der Waals surface area contributed by atoms with Crippen molar-refractivity contribution in [2.75, 3.05) is 11.9 Å². The lowest BCUT2D eigenvalue weighted by atomic mass is 10.0. The third kappa shape index (κ3) is 5.28. The predicted octanol–water partition coefficient (Wildman–Crippen LogP) is 4.95. The Balaban J connectivity index is 1.63. The molecule has 3 rings (SSSR count). The summed E-state index contributed by atoms with van der Waals surface area (Å²) in [6, 6.07) is 11.2. The van der Waals surface area contributed by atoms with Gasteiger partial charge in [-0.3, -0.25) is 4.79 Å². The Morgan fingerprint density at radius 1 is 1.14 bits per heavy atom. The van der Waals surface area contributed by atoms with Gasteiger partial charge >= 0.3 is 18.2 Å². The van der Waals surface area contributed by atoms with E-state index in [0.29, 0.717) is 18.7 Å². The second-order valence-electron chi connectivity index (χ2n) is 6.86. The molecule has 2 N–H and O–H groups in total. The molecule has 0 aromatic heterocycles. The fourth-order valence-electron chi connectivity index (χ4n) is 3.12.